The van der Waals surface area contributed by atoms with Crippen molar-refractivity contribution in [2.45, 2.75) is 6.92 Å². The Morgan fingerprint density at radius 3 is 3.00 bits per heavy atom. The van der Waals surface area contributed by atoms with Gasteiger partial charge in [-0.05, 0) is 36.8 Å². The van der Waals surface area contributed by atoms with Gasteiger partial charge in [0.1, 0.15) is 5.82 Å². The average Bonchev–Trinajstić information content (AvgIpc) is 2.49. The molecule has 2 aromatic rings. The van der Waals surface area contributed by atoms with Crippen molar-refractivity contribution >= 4 is 35.2 Å². The van der Waals surface area contributed by atoms with Crippen LogP contribution in [0.1, 0.15) is 15.9 Å². The Hall–Kier alpha value is -2.89. The second kappa shape index (κ2) is 5.24. The molecule has 0 fully saturated rings. The van der Waals surface area contributed by atoms with Crippen LogP contribution >= 0.6 is 0 Å². The highest BCUT2D eigenvalue weighted by molar-refractivity contribution is 5.91. The van der Waals surface area contributed by atoms with Crippen LogP contribution in [0, 0.1) is 6.92 Å². The number of aromatic nitrogens is 1. The van der Waals surface area contributed by atoms with Crippen LogP contribution in [0.4, 0.5) is 23.0 Å². The molecule has 0 amide bonds. The highest BCUT2D eigenvalue weighted by Crippen LogP contribution is 2.28. The molecule has 0 aliphatic carbocycles. The zero-order chi connectivity index (χ0) is 14.8. The SMILES string of the molecule is Cc1c(Nc2ccc3c(n2)N=CCN3)cccc1C(=O)O. The van der Waals surface area contributed by atoms with Crippen molar-refractivity contribution < 1.29 is 9.90 Å². The number of hydrogen-bond donors (Lipinski definition) is 3. The normalized spacial score (nSPS) is 12.4. The second-order valence-corrected chi connectivity index (χ2v) is 4.67. The van der Waals surface area contributed by atoms with Gasteiger partial charge in [0.05, 0.1) is 17.8 Å². The van der Waals surface area contributed by atoms with E-state index in [1.807, 2.05) is 18.2 Å². The number of aromatic carboxylic acids is 1. The van der Waals surface area contributed by atoms with Crippen molar-refractivity contribution in [1.82, 2.24) is 4.98 Å². The van der Waals surface area contributed by atoms with Crippen LogP contribution in [-0.2, 0) is 0 Å². The van der Waals surface area contributed by atoms with E-state index in [1.54, 1.807) is 25.3 Å². The van der Waals surface area contributed by atoms with Crippen molar-refractivity contribution in [2.75, 3.05) is 17.2 Å². The van der Waals surface area contributed by atoms with E-state index < -0.39 is 5.97 Å². The van der Waals surface area contributed by atoms with Crippen molar-refractivity contribution in [3.05, 3.63) is 41.5 Å². The molecule has 0 unspecified atom stereocenters. The number of anilines is 3. The quantitative estimate of drug-likeness (QED) is 0.805. The number of pyridine rings is 1. The summed E-state index contributed by atoms with van der Waals surface area (Å²) in [5.74, 6) is 0.307. The first kappa shape index (κ1) is 13.1. The van der Waals surface area contributed by atoms with Gasteiger partial charge in [-0.15, -0.1) is 0 Å². The van der Waals surface area contributed by atoms with Crippen LogP contribution in [0.2, 0.25) is 0 Å². The molecule has 0 bridgehead atoms. The van der Waals surface area contributed by atoms with E-state index in [-0.39, 0.29) is 5.56 Å². The van der Waals surface area contributed by atoms with Gasteiger partial charge in [-0.25, -0.2) is 14.8 Å². The number of nitrogens with one attached hydrogen (secondary N) is 2. The number of aliphatic imine (C=N–C) groups is 1. The Morgan fingerprint density at radius 2 is 2.19 bits per heavy atom. The van der Waals surface area contributed by atoms with E-state index in [1.165, 1.54) is 0 Å². The van der Waals surface area contributed by atoms with E-state index in [0.717, 1.165) is 11.4 Å². The van der Waals surface area contributed by atoms with Gasteiger partial charge in [0.2, 0.25) is 0 Å². The zero-order valence-electron chi connectivity index (χ0n) is 11.4. The molecule has 106 valence electrons. The molecule has 6 nitrogen and oxygen atoms in total. The Kier molecular flexibility index (Phi) is 3.27. The van der Waals surface area contributed by atoms with Crippen molar-refractivity contribution in [3.63, 3.8) is 0 Å². The zero-order valence-corrected chi connectivity index (χ0v) is 11.4. The lowest BCUT2D eigenvalue weighted by atomic mass is 10.1. The first-order valence-corrected chi connectivity index (χ1v) is 6.52. The monoisotopic (exact) mass is 282 g/mol. The summed E-state index contributed by atoms with van der Waals surface area (Å²) in [6, 6.07) is 8.84. The highest BCUT2D eigenvalue weighted by atomic mass is 16.4. The molecule has 0 radical (unpaired) electrons. The van der Waals surface area contributed by atoms with E-state index in [9.17, 15) is 4.79 Å². The maximum atomic E-state index is 11.1. The molecular weight excluding hydrogens is 268 g/mol. The number of rotatable bonds is 3. The second-order valence-electron chi connectivity index (χ2n) is 4.67. The van der Waals surface area contributed by atoms with E-state index in [2.05, 4.69) is 20.6 Å². The molecule has 0 spiro atoms. The molecule has 6 heteroatoms. The van der Waals surface area contributed by atoms with E-state index in [0.29, 0.717) is 23.7 Å². The largest absolute Gasteiger partial charge is 0.478 e. The average molecular weight is 282 g/mol. The molecule has 3 rings (SSSR count). The summed E-state index contributed by atoms with van der Waals surface area (Å²) >= 11 is 0. The van der Waals surface area contributed by atoms with Crippen LogP contribution in [0.25, 0.3) is 0 Å². The molecular formula is C15H14N4O2. The van der Waals surface area contributed by atoms with Gasteiger partial charge in [0.15, 0.2) is 5.82 Å². The number of benzene rings is 1. The Labute approximate surface area is 121 Å². The number of hydrogen-bond acceptors (Lipinski definition) is 5. The number of fused-ring (bicyclic) bond motifs is 1. The van der Waals surface area contributed by atoms with E-state index >= 15 is 0 Å². The fraction of sp³-hybridized carbons (Fsp3) is 0.133. The van der Waals surface area contributed by atoms with Crippen molar-refractivity contribution in [1.29, 1.82) is 0 Å². The van der Waals surface area contributed by atoms with Crippen LogP contribution in [0.5, 0.6) is 0 Å². The summed E-state index contributed by atoms with van der Waals surface area (Å²) in [6.07, 6.45) is 1.76. The van der Waals surface area contributed by atoms with E-state index in [4.69, 9.17) is 5.11 Å². The molecule has 1 aliphatic heterocycles. The minimum atomic E-state index is -0.941. The highest BCUT2D eigenvalue weighted by Gasteiger charge is 2.12. The predicted octanol–water partition coefficient (Wildman–Crippen LogP) is 2.96. The van der Waals surface area contributed by atoms with Crippen molar-refractivity contribution in [2.24, 2.45) is 4.99 Å². The summed E-state index contributed by atoms with van der Waals surface area (Å²) in [5, 5.41) is 15.5. The standard InChI is InChI=1S/C15H14N4O2/c1-9-10(15(20)21)3-2-4-11(9)18-13-6-5-12-14(19-13)17-8-7-16-12/h2-6,8,16H,7H2,1H3,(H,18,19)(H,20,21). The Balaban J connectivity index is 1.93. The van der Waals surface area contributed by atoms with Gasteiger partial charge < -0.3 is 15.7 Å². The summed E-state index contributed by atoms with van der Waals surface area (Å²) in [6.45, 7) is 2.46. The molecule has 0 saturated carbocycles. The maximum Gasteiger partial charge on any atom is 0.336 e. The first-order valence-electron chi connectivity index (χ1n) is 6.52. The molecule has 1 aromatic heterocycles. The Morgan fingerprint density at radius 1 is 1.33 bits per heavy atom. The smallest absolute Gasteiger partial charge is 0.336 e. The number of carboxylic acid groups (broad SMARTS) is 1. The van der Waals surface area contributed by atoms with Gasteiger partial charge in [-0.1, -0.05) is 6.07 Å². The fourth-order valence-electron chi connectivity index (χ4n) is 2.18. The third kappa shape index (κ3) is 2.55. The predicted molar refractivity (Wildman–Crippen MR) is 82.3 cm³/mol. The Bertz CT molecular complexity index is 740. The van der Waals surface area contributed by atoms with Gasteiger partial charge in [-0.2, -0.15) is 0 Å². The first-order chi connectivity index (χ1) is 10.1. The third-order valence-electron chi connectivity index (χ3n) is 3.30. The summed E-state index contributed by atoms with van der Waals surface area (Å²) in [4.78, 5) is 19.8. The lowest BCUT2D eigenvalue weighted by Gasteiger charge is -2.14. The number of nitrogens with zero attached hydrogens (tertiary/aromatic N) is 2. The number of carboxylic acids is 1. The maximum absolute atomic E-state index is 11.1. The lowest BCUT2D eigenvalue weighted by Crippen LogP contribution is -2.08. The summed E-state index contributed by atoms with van der Waals surface area (Å²) in [5.41, 5.74) is 2.55. The number of carbonyl (C=O) groups is 1. The lowest BCUT2D eigenvalue weighted by molar-refractivity contribution is 0.0696. The van der Waals surface area contributed by atoms with Crippen molar-refractivity contribution in [3.8, 4) is 0 Å². The third-order valence-corrected chi connectivity index (χ3v) is 3.30. The molecule has 3 N–H and O–H groups in total. The summed E-state index contributed by atoms with van der Waals surface area (Å²) in [7, 11) is 0. The van der Waals surface area contributed by atoms with Crippen LogP contribution < -0.4 is 10.6 Å². The molecule has 0 atom stereocenters. The van der Waals surface area contributed by atoms with Crippen LogP contribution in [0.3, 0.4) is 0 Å². The van der Waals surface area contributed by atoms with Crippen LogP contribution in [0.15, 0.2) is 35.3 Å². The molecule has 0 saturated heterocycles. The molecule has 1 aromatic carbocycles. The van der Waals surface area contributed by atoms with Gasteiger partial charge >= 0.3 is 5.97 Å². The summed E-state index contributed by atoms with van der Waals surface area (Å²) < 4.78 is 0. The molecule has 21 heavy (non-hydrogen) atoms. The van der Waals surface area contributed by atoms with Gasteiger partial charge in [0.25, 0.3) is 0 Å². The molecule has 1 aliphatic rings. The topological polar surface area (TPSA) is 86.6 Å². The van der Waals surface area contributed by atoms with Gasteiger partial charge in [0, 0.05) is 11.9 Å². The van der Waals surface area contributed by atoms with Crippen LogP contribution in [-0.4, -0.2) is 28.8 Å². The fourth-order valence-corrected chi connectivity index (χ4v) is 2.18. The van der Waals surface area contributed by atoms with Gasteiger partial charge in [-0.3, -0.25) is 0 Å². The minimum absolute atomic E-state index is 0.276. The molecule has 2 heterocycles. The minimum Gasteiger partial charge on any atom is -0.478 e.